The number of imidazole rings is 1. The summed E-state index contributed by atoms with van der Waals surface area (Å²) in [4.78, 5) is 30.5. The van der Waals surface area contributed by atoms with Crippen LogP contribution in [0.3, 0.4) is 0 Å². The Labute approximate surface area is 174 Å². The molecule has 8 heteroatoms. The molecule has 1 amide bonds. The van der Waals surface area contributed by atoms with Gasteiger partial charge in [-0.05, 0) is 37.1 Å². The fourth-order valence-corrected chi connectivity index (χ4v) is 4.17. The maximum atomic E-state index is 13.3. The van der Waals surface area contributed by atoms with Crippen molar-refractivity contribution in [2.45, 2.75) is 44.7 Å². The van der Waals surface area contributed by atoms with Crippen molar-refractivity contribution in [1.29, 1.82) is 0 Å². The van der Waals surface area contributed by atoms with Gasteiger partial charge in [-0.15, -0.1) is 0 Å². The molecular weight excluding hydrogens is 384 g/mol. The van der Waals surface area contributed by atoms with Crippen molar-refractivity contribution in [3.63, 3.8) is 0 Å². The van der Waals surface area contributed by atoms with Gasteiger partial charge in [0.2, 0.25) is 5.91 Å². The summed E-state index contributed by atoms with van der Waals surface area (Å²) >= 11 is 0. The average molecular weight is 410 g/mol. The number of methoxy groups -OCH3 is 2. The topological polar surface area (TPSA) is 87.4 Å². The molecule has 3 aromatic rings. The third kappa shape index (κ3) is 3.77. The first-order valence-electron chi connectivity index (χ1n) is 10.2. The van der Waals surface area contributed by atoms with Gasteiger partial charge in [-0.1, -0.05) is 19.3 Å². The predicted molar refractivity (Wildman–Crippen MR) is 114 cm³/mol. The van der Waals surface area contributed by atoms with Crippen molar-refractivity contribution in [3.8, 4) is 11.5 Å². The van der Waals surface area contributed by atoms with Crippen LogP contribution in [0, 0.1) is 0 Å². The van der Waals surface area contributed by atoms with E-state index < -0.39 is 0 Å². The normalized spacial score (nSPS) is 14.6. The van der Waals surface area contributed by atoms with Crippen LogP contribution < -0.4 is 20.5 Å². The quantitative estimate of drug-likeness (QED) is 0.673. The number of pyridine rings is 1. The highest BCUT2D eigenvalue weighted by Crippen LogP contribution is 2.30. The van der Waals surface area contributed by atoms with E-state index in [0.717, 1.165) is 25.7 Å². The molecule has 1 N–H and O–H groups in total. The molecule has 2 aromatic heterocycles. The van der Waals surface area contributed by atoms with Crippen molar-refractivity contribution < 1.29 is 14.3 Å². The molecular formula is C22H26N4O4. The molecule has 4 rings (SSSR count). The van der Waals surface area contributed by atoms with E-state index in [-0.39, 0.29) is 24.2 Å². The van der Waals surface area contributed by atoms with Gasteiger partial charge in [0.1, 0.15) is 18.0 Å². The van der Waals surface area contributed by atoms with E-state index in [1.54, 1.807) is 42.1 Å². The number of fused-ring (bicyclic) bond motifs is 1. The molecule has 0 bridgehead atoms. The molecule has 8 nitrogen and oxygen atoms in total. The van der Waals surface area contributed by atoms with E-state index in [9.17, 15) is 9.59 Å². The van der Waals surface area contributed by atoms with E-state index in [2.05, 4.69) is 10.3 Å². The number of nitrogens with zero attached hydrogens (tertiary/aromatic N) is 3. The molecule has 2 heterocycles. The minimum atomic E-state index is -0.324. The molecule has 158 valence electrons. The number of nitrogens with one attached hydrogen (secondary N) is 1. The second kappa shape index (κ2) is 8.61. The van der Waals surface area contributed by atoms with Crippen LogP contribution in [0.25, 0.3) is 11.2 Å². The molecule has 1 aliphatic rings. The maximum Gasteiger partial charge on any atom is 0.331 e. The van der Waals surface area contributed by atoms with Crippen molar-refractivity contribution in [2.75, 3.05) is 19.5 Å². The highest BCUT2D eigenvalue weighted by Gasteiger charge is 2.24. The second-order valence-corrected chi connectivity index (χ2v) is 7.49. The standard InChI is InChI=1S/C22H26N4O4/c1-29-16-10-11-19(30-2)17(13-16)24-20(27)14-25-18-9-6-12-23-21(18)26(22(25)28)15-7-4-3-5-8-15/h6,9-13,15H,3-5,7-8,14H2,1-2H3,(H,24,27). The first-order chi connectivity index (χ1) is 14.6. The van der Waals surface area contributed by atoms with Crippen LogP contribution in [0.2, 0.25) is 0 Å². The maximum absolute atomic E-state index is 13.3. The second-order valence-electron chi connectivity index (χ2n) is 7.49. The Morgan fingerprint density at radius 2 is 1.97 bits per heavy atom. The fourth-order valence-electron chi connectivity index (χ4n) is 4.17. The minimum Gasteiger partial charge on any atom is -0.497 e. The first kappa shape index (κ1) is 20.0. The van der Waals surface area contributed by atoms with Crippen LogP contribution in [0.4, 0.5) is 5.69 Å². The zero-order valence-electron chi connectivity index (χ0n) is 17.3. The zero-order chi connectivity index (χ0) is 21.1. The van der Waals surface area contributed by atoms with Gasteiger partial charge >= 0.3 is 5.69 Å². The number of benzene rings is 1. The lowest BCUT2D eigenvalue weighted by atomic mass is 9.95. The summed E-state index contributed by atoms with van der Waals surface area (Å²) in [5.74, 6) is 0.791. The van der Waals surface area contributed by atoms with Gasteiger partial charge < -0.3 is 14.8 Å². The van der Waals surface area contributed by atoms with Crippen LogP contribution in [0.15, 0.2) is 41.3 Å². The van der Waals surface area contributed by atoms with Crippen molar-refractivity contribution in [3.05, 3.63) is 47.0 Å². The highest BCUT2D eigenvalue weighted by atomic mass is 16.5. The smallest absolute Gasteiger partial charge is 0.331 e. The molecule has 0 spiro atoms. The number of hydrogen-bond donors (Lipinski definition) is 1. The van der Waals surface area contributed by atoms with Crippen molar-refractivity contribution in [1.82, 2.24) is 14.1 Å². The zero-order valence-corrected chi connectivity index (χ0v) is 17.3. The highest BCUT2D eigenvalue weighted by molar-refractivity contribution is 5.93. The Balaban J connectivity index is 1.65. The summed E-state index contributed by atoms with van der Waals surface area (Å²) in [5.41, 5.74) is 1.61. The van der Waals surface area contributed by atoms with Crippen molar-refractivity contribution in [2.24, 2.45) is 0 Å². The van der Waals surface area contributed by atoms with Crippen LogP contribution >= 0.6 is 0 Å². The number of aromatic nitrogens is 3. The van der Waals surface area contributed by atoms with E-state index in [1.165, 1.54) is 18.1 Å². The Morgan fingerprint density at radius 3 is 2.70 bits per heavy atom. The molecule has 0 unspecified atom stereocenters. The van der Waals surface area contributed by atoms with Gasteiger partial charge in [-0.25, -0.2) is 9.78 Å². The molecule has 30 heavy (non-hydrogen) atoms. The third-order valence-corrected chi connectivity index (χ3v) is 5.64. The largest absolute Gasteiger partial charge is 0.497 e. The number of amides is 1. The lowest BCUT2D eigenvalue weighted by molar-refractivity contribution is -0.116. The number of hydrogen-bond acceptors (Lipinski definition) is 5. The minimum absolute atomic E-state index is 0.110. The molecule has 0 aliphatic heterocycles. The number of ether oxygens (including phenoxy) is 2. The Kier molecular flexibility index (Phi) is 5.74. The molecule has 0 radical (unpaired) electrons. The van der Waals surface area contributed by atoms with Gasteiger partial charge in [-0.2, -0.15) is 0 Å². The summed E-state index contributed by atoms with van der Waals surface area (Å²) in [6, 6.07) is 8.91. The molecule has 1 saturated carbocycles. The van der Waals surface area contributed by atoms with Gasteiger partial charge in [0.15, 0.2) is 5.65 Å². The molecule has 1 fully saturated rings. The van der Waals surface area contributed by atoms with E-state index in [4.69, 9.17) is 9.47 Å². The van der Waals surface area contributed by atoms with E-state index in [1.807, 2.05) is 6.07 Å². The molecule has 1 aliphatic carbocycles. The first-order valence-corrected chi connectivity index (χ1v) is 10.2. The summed E-state index contributed by atoms with van der Waals surface area (Å²) in [6.45, 7) is -0.110. The number of anilines is 1. The lowest BCUT2D eigenvalue weighted by Crippen LogP contribution is -2.32. The number of carbonyl (C=O) groups is 1. The van der Waals surface area contributed by atoms with Crippen LogP contribution in [0.5, 0.6) is 11.5 Å². The summed E-state index contributed by atoms with van der Waals surface area (Å²) < 4.78 is 13.8. The van der Waals surface area contributed by atoms with Gasteiger partial charge in [0, 0.05) is 18.3 Å². The summed E-state index contributed by atoms with van der Waals surface area (Å²) in [7, 11) is 3.09. The Hall–Kier alpha value is -3.29. The van der Waals surface area contributed by atoms with Crippen LogP contribution in [-0.2, 0) is 11.3 Å². The SMILES string of the molecule is COc1ccc(OC)c(NC(=O)Cn2c(=O)n(C3CCCCC3)c3ncccc32)c1. The summed E-state index contributed by atoms with van der Waals surface area (Å²) in [6.07, 6.45) is 7.01. The third-order valence-electron chi connectivity index (χ3n) is 5.64. The number of rotatable bonds is 6. The van der Waals surface area contributed by atoms with Gasteiger partial charge in [-0.3, -0.25) is 13.9 Å². The van der Waals surface area contributed by atoms with Crippen LogP contribution in [0.1, 0.15) is 38.1 Å². The Bertz CT molecular complexity index is 1110. The van der Waals surface area contributed by atoms with Gasteiger partial charge in [0.05, 0.1) is 25.4 Å². The van der Waals surface area contributed by atoms with E-state index in [0.29, 0.717) is 28.4 Å². The van der Waals surface area contributed by atoms with Crippen LogP contribution in [-0.4, -0.2) is 34.2 Å². The van der Waals surface area contributed by atoms with E-state index >= 15 is 0 Å². The average Bonchev–Trinajstić information content (AvgIpc) is 3.05. The molecule has 0 saturated heterocycles. The Morgan fingerprint density at radius 1 is 1.17 bits per heavy atom. The number of carbonyl (C=O) groups excluding carboxylic acids is 1. The monoisotopic (exact) mass is 410 g/mol. The predicted octanol–water partition coefficient (Wildman–Crippen LogP) is 3.36. The molecule has 0 atom stereocenters. The van der Waals surface area contributed by atoms with Gasteiger partial charge in [0.25, 0.3) is 0 Å². The fraction of sp³-hybridized carbons (Fsp3) is 0.409. The molecule has 1 aromatic carbocycles. The lowest BCUT2D eigenvalue weighted by Gasteiger charge is -2.22. The van der Waals surface area contributed by atoms with Crippen molar-refractivity contribution >= 4 is 22.8 Å². The summed E-state index contributed by atoms with van der Waals surface area (Å²) in [5, 5.41) is 2.83.